The molecule has 0 atom stereocenters. The van der Waals surface area contributed by atoms with Crippen molar-refractivity contribution in [1.82, 2.24) is 4.31 Å². The summed E-state index contributed by atoms with van der Waals surface area (Å²) in [5.74, 6) is -0.848. The molecule has 6 nitrogen and oxygen atoms in total. The van der Waals surface area contributed by atoms with Crippen LogP contribution in [-0.2, 0) is 19.6 Å². The summed E-state index contributed by atoms with van der Waals surface area (Å²) in [7, 11) is -3.54. The summed E-state index contributed by atoms with van der Waals surface area (Å²) in [4.78, 5) is 12.1. The zero-order chi connectivity index (χ0) is 19.3. The predicted octanol–water partition coefficient (Wildman–Crippen LogP) is 2.50. The molecule has 0 aromatic heterocycles. The number of amides is 1. The predicted molar refractivity (Wildman–Crippen MR) is 100 cm³/mol. The first kappa shape index (κ1) is 19.2. The first-order valence-electron chi connectivity index (χ1n) is 8.38. The lowest BCUT2D eigenvalue weighted by molar-refractivity contribution is -0.111. The monoisotopic (exact) mass is 390 g/mol. The fourth-order valence-corrected chi connectivity index (χ4v) is 4.02. The standard InChI is InChI=1S/C19H19FN2O4S/c20-16-2-1-3-17(14-16)21-19(23)9-6-15-4-7-18(8-5-15)27(24,25)22-10-12-26-13-11-22/h1-9,14H,10-13H2,(H,21,23)/b9-6+. The SMILES string of the molecule is O=C(/C=C/c1ccc(S(=O)(=O)N2CCOCC2)cc1)Nc1cccc(F)c1. The molecular formula is C19H19FN2O4S. The van der Waals surface area contributed by atoms with Crippen LogP contribution in [0.1, 0.15) is 5.56 Å². The summed E-state index contributed by atoms with van der Waals surface area (Å²) in [6, 6.07) is 11.9. The molecule has 0 bridgehead atoms. The fourth-order valence-electron chi connectivity index (χ4n) is 2.61. The van der Waals surface area contributed by atoms with Gasteiger partial charge in [0.05, 0.1) is 18.1 Å². The van der Waals surface area contributed by atoms with Gasteiger partial charge in [0, 0.05) is 24.9 Å². The molecule has 0 saturated carbocycles. The molecule has 27 heavy (non-hydrogen) atoms. The van der Waals surface area contributed by atoms with Crippen molar-refractivity contribution in [2.24, 2.45) is 0 Å². The van der Waals surface area contributed by atoms with Gasteiger partial charge in [-0.2, -0.15) is 4.31 Å². The Hall–Kier alpha value is -2.55. The first-order valence-corrected chi connectivity index (χ1v) is 9.82. The van der Waals surface area contributed by atoms with Crippen LogP contribution in [0.15, 0.2) is 59.5 Å². The zero-order valence-electron chi connectivity index (χ0n) is 14.5. The zero-order valence-corrected chi connectivity index (χ0v) is 15.3. The van der Waals surface area contributed by atoms with Crippen LogP contribution in [0.5, 0.6) is 0 Å². The Morgan fingerprint density at radius 3 is 2.48 bits per heavy atom. The second kappa shape index (κ2) is 8.43. The van der Waals surface area contributed by atoms with Gasteiger partial charge in [0.15, 0.2) is 0 Å². The van der Waals surface area contributed by atoms with E-state index in [0.29, 0.717) is 37.6 Å². The van der Waals surface area contributed by atoms with E-state index in [1.807, 2.05) is 0 Å². The maximum Gasteiger partial charge on any atom is 0.248 e. The minimum atomic E-state index is -3.54. The van der Waals surface area contributed by atoms with Gasteiger partial charge in [-0.15, -0.1) is 0 Å². The number of carbonyl (C=O) groups is 1. The van der Waals surface area contributed by atoms with Gasteiger partial charge in [-0.1, -0.05) is 18.2 Å². The third kappa shape index (κ3) is 5.00. The van der Waals surface area contributed by atoms with Gasteiger partial charge in [-0.25, -0.2) is 12.8 Å². The van der Waals surface area contributed by atoms with Gasteiger partial charge in [-0.05, 0) is 42.0 Å². The van der Waals surface area contributed by atoms with Crippen LogP contribution in [-0.4, -0.2) is 44.9 Å². The van der Waals surface area contributed by atoms with E-state index in [1.54, 1.807) is 24.3 Å². The fraction of sp³-hybridized carbons (Fsp3) is 0.211. The van der Waals surface area contributed by atoms with Gasteiger partial charge >= 0.3 is 0 Å². The number of carbonyl (C=O) groups excluding carboxylic acids is 1. The molecule has 1 aliphatic rings. The van der Waals surface area contributed by atoms with E-state index in [2.05, 4.69) is 5.32 Å². The highest BCUT2D eigenvalue weighted by Crippen LogP contribution is 2.18. The number of nitrogens with zero attached hydrogens (tertiary/aromatic N) is 1. The van der Waals surface area contributed by atoms with Crippen LogP contribution in [0.3, 0.4) is 0 Å². The molecule has 8 heteroatoms. The molecule has 1 saturated heterocycles. The lowest BCUT2D eigenvalue weighted by Gasteiger charge is -2.26. The number of anilines is 1. The van der Waals surface area contributed by atoms with Gasteiger partial charge in [-0.3, -0.25) is 4.79 Å². The average molecular weight is 390 g/mol. The van der Waals surface area contributed by atoms with Crippen LogP contribution in [0.25, 0.3) is 6.08 Å². The lowest BCUT2D eigenvalue weighted by Crippen LogP contribution is -2.40. The van der Waals surface area contributed by atoms with Crippen molar-refractivity contribution in [2.75, 3.05) is 31.6 Å². The first-order chi connectivity index (χ1) is 12.9. The molecule has 0 unspecified atom stereocenters. The second-order valence-electron chi connectivity index (χ2n) is 5.92. The Balaban J connectivity index is 1.64. The van der Waals surface area contributed by atoms with Crippen LogP contribution in [0, 0.1) is 5.82 Å². The van der Waals surface area contributed by atoms with Crippen molar-refractivity contribution in [3.63, 3.8) is 0 Å². The maximum atomic E-state index is 13.1. The van der Waals surface area contributed by atoms with Crippen LogP contribution < -0.4 is 5.32 Å². The third-order valence-corrected chi connectivity index (χ3v) is 5.92. The molecule has 0 radical (unpaired) electrons. The topological polar surface area (TPSA) is 75.7 Å². The number of benzene rings is 2. The van der Waals surface area contributed by atoms with Gasteiger partial charge < -0.3 is 10.1 Å². The van der Waals surface area contributed by atoms with Crippen molar-refractivity contribution >= 4 is 27.7 Å². The average Bonchev–Trinajstić information content (AvgIpc) is 2.67. The number of rotatable bonds is 5. The number of hydrogen-bond donors (Lipinski definition) is 1. The summed E-state index contributed by atoms with van der Waals surface area (Å²) in [5.41, 5.74) is 1.03. The lowest BCUT2D eigenvalue weighted by atomic mass is 10.2. The second-order valence-corrected chi connectivity index (χ2v) is 7.86. The van der Waals surface area contributed by atoms with E-state index in [4.69, 9.17) is 4.74 Å². The summed E-state index contributed by atoms with van der Waals surface area (Å²) in [5, 5.41) is 2.55. The summed E-state index contributed by atoms with van der Waals surface area (Å²) < 4.78 is 44.8. The number of sulfonamides is 1. The van der Waals surface area contributed by atoms with E-state index in [9.17, 15) is 17.6 Å². The van der Waals surface area contributed by atoms with Crippen molar-refractivity contribution in [3.05, 3.63) is 66.0 Å². The highest BCUT2D eigenvalue weighted by atomic mass is 32.2. The Bertz CT molecular complexity index is 936. The van der Waals surface area contributed by atoms with Crippen molar-refractivity contribution in [1.29, 1.82) is 0 Å². The number of nitrogens with one attached hydrogen (secondary N) is 1. The van der Waals surface area contributed by atoms with Crippen molar-refractivity contribution in [3.8, 4) is 0 Å². The normalized spacial score (nSPS) is 15.7. The van der Waals surface area contributed by atoms with E-state index < -0.39 is 21.7 Å². The van der Waals surface area contributed by atoms with Gasteiger partial charge in [0.1, 0.15) is 5.82 Å². The smallest absolute Gasteiger partial charge is 0.248 e. The molecule has 0 spiro atoms. The molecule has 2 aromatic carbocycles. The molecule has 0 aliphatic carbocycles. The highest BCUT2D eigenvalue weighted by molar-refractivity contribution is 7.89. The maximum absolute atomic E-state index is 13.1. The Morgan fingerprint density at radius 2 is 1.81 bits per heavy atom. The largest absolute Gasteiger partial charge is 0.379 e. The molecule has 2 aromatic rings. The molecule has 142 valence electrons. The molecule has 1 fully saturated rings. The number of morpholine rings is 1. The van der Waals surface area contributed by atoms with E-state index in [1.165, 1.54) is 40.7 Å². The number of halogens is 1. The molecule has 1 amide bonds. The highest BCUT2D eigenvalue weighted by Gasteiger charge is 2.25. The van der Waals surface area contributed by atoms with E-state index in [0.717, 1.165) is 0 Å². The van der Waals surface area contributed by atoms with Crippen LogP contribution in [0.4, 0.5) is 10.1 Å². The molecular weight excluding hydrogens is 371 g/mol. The molecule has 3 rings (SSSR count). The van der Waals surface area contributed by atoms with Gasteiger partial charge in [0.25, 0.3) is 0 Å². The Morgan fingerprint density at radius 1 is 1.11 bits per heavy atom. The summed E-state index contributed by atoms with van der Waals surface area (Å²) in [6.07, 6.45) is 2.86. The van der Waals surface area contributed by atoms with Crippen LogP contribution >= 0.6 is 0 Å². The Kier molecular flexibility index (Phi) is 6.00. The number of ether oxygens (including phenoxy) is 1. The van der Waals surface area contributed by atoms with Crippen LogP contribution in [0.2, 0.25) is 0 Å². The Labute approximate surface area is 157 Å². The third-order valence-electron chi connectivity index (χ3n) is 4.01. The molecule has 1 heterocycles. The summed E-state index contributed by atoms with van der Waals surface area (Å²) >= 11 is 0. The minimum Gasteiger partial charge on any atom is -0.379 e. The van der Waals surface area contributed by atoms with Crippen molar-refractivity contribution < 1.29 is 22.3 Å². The molecule has 1 N–H and O–H groups in total. The minimum absolute atomic E-state index is 0.200. The summed E-state index contributed by atoms with van der Waals surface area (Å²) in [6.45, 7) is 1.45. The van der Waals surface area contributed by atoms with E-state index >= 15 is 0 Å². The van der Waals surface area contributed by atoms with Gasteiger partial charge in [0.2, 0.25) is 15.9 Å². The quantitative estimate of drug-likeness (QED) is 0.796. The van der Waals surface area contributed by atoms with Crippen molar-refractivity contribution in [2.45, 2.75) is 4.90 Å². The number of hydrogen-bond acceptors (Lipinski definition) is 4. The van der Waals surface area contributed by atoms with E-state index in [-0.39, 0.29) is 4.90 Å². The molecule has 1 aliphatic heterocycles.